The maximum Gasteiger partial charge on any atom is 0.224 e. The van der Waals surface area contributed by atoms with E-state index < -0.39 is 0 Å². The van der Waals surface area contributed by atoms with E-state index in [9.17, 15) is 4.79 Å². The summed E-state index contributed by atoms with van der Waals surface area (Å²) in [5.41, 5.74) is 1.81. The first kappa shape index (κ1) is 15.5. The minimum atomic E-state index is 0.0209. The fraction of sp³-hybridized carbons (Fsp3) is 0.312. The Labute approximate surface area is 129 Å². The van der Waals surface area contributed by atoms with Crippen molar-refractivity contribution in [1.82, 2.24) is 0 Å². The van der Waals surface area contributed by atoms with Gasteiger partial charge in [0, 0.05) is 17.8 Å². The molecule has 0 spiro atoms. The standard InChI is InChI=1S/C16H20N2O2S/c1-3-16(19)18-13-6-4-12(5-7-13)17-10-14-8-9-15(20-14)11-21-2/h4-9,17H,3,10-11H2,1-2H3,(H,18,19). The zero-order valence-electron chi connectivity index (χ0n) is 12.3. The molecule has 0 fully saturated rings. The lowest BCUT2D eigenvalue weighted by molar-refractivity contribution is -0.115. The van der Waals surface area contributed by atoms with Crippen LogP contribution in [0.1, 0.15) is 24.9 Å². The molecule has 0 unspecified atom stereocenters. The molecule has 1 amide bonds. The van der Waals surface area contributed by atoms with Crippen molar-refractivity contribution in [1.29, 1.82) is 0 Å². The van der Waals surface area contributed by atoms with E-state index in [0.717, 1.165) is 28.6 Å². The van der Waals surface area contributed by atoms with Gasteiger partial charge in [-0.15, -0.1) is 0 Å². The van der Waals surface area contributed by atoms with Crippen LogP contribution in [0.2, 0.25) is 0 Å². The number of nitrogens with one attached hydrogen (secondary N) is 2. The highest BCUT2D eigenvalue weighted by molar-refractivity contribution is 7.97. The van der Waals surface area contributed by atoms with Gasteiger partial charge in [0.25, 0.3) is 0 Å². The molecule has 0 aliphatic heterocycles. The van der Waals surface area contributed by atoms with E-state index in [-0.39, 0.29) is 5.91 Å². The Bertz CT molecular complexity index is 578. The number of hydrogen-bond donors (Lipinski definition) is 2. The molecule has 0 saturated carbocycles. The van der Waals surface area contributed by atoms with Crippen LogP contribution in [-0.4, -0.2) is 12.2 Å². The van der Waals surface area contributed by atoms with Crippen molar-refractivity contribution in [2.75, 3.05) is 16.9 Å². The van der Waals surface area contributed by atoms with Gasteiger partial charge in [0.05, 0.1) is 12.3 Å². The molecule has 0 bridgehead atoms. The third kappa shape index (κ3) is 4.86. The summed E-state index contributed by atoms with van der Waals surface area (Å²) in [5.74, 6) is 2.83. The van der Waals surface area contributed by atoms with Gasteiger partial charge in [0.15, 0.2) is 0 Å². The average Bonchev–Trinajstić information content (AvgIpc) is 2.94. The molecule has 0 saturated heterocycles. The number of amides is 1. The second-order valence-electron chi connectivity index (χ2n) is 4.63. The number of rotatable bonds is 7. The number of benzene rings is 1. The van der Waals surface area contributed by atoms with Gasteiger partial charge in [0.2, 0.25) is 5.91 Å². The highest BCUT2D eigenvalue weighted by atomic mass is 32.2. The first-order valence-electron chi connectivity index (χ1n) is 6.91. The molecule has 2 rings (SSSR count). The van der Waals surface area contributed by atoms with E-state index >= 15 is 0 Å². The summed E-state index contributed by atoms with van der Waals surface area (Å²) in [5, 5.41) is 6.12. The summed E-state index contributed by atoms with van der Waals surface area (Å²) in [6.45, 7) is 2.48. The second kappa shape index (κ2) is 7.78. The van der Waals surface area contributed by atoms with Crippen molar-refractivity contribution in [3.8, 4) is 0 Å². The van der Waals surface area contributed by atoms with E-state index in [1.54, 1.807) is 11.8 Å². The van der Waals surface area contributed by atoms with E-state index in [4.69, 9.17) is 4.42 Å². The van der Waals surface area contributed by atoms with Crippen LogP contribution in [0.4, 0.5) is 11.4 Å². The number of thioether (sulfide) groups is 1. The zero-order valence-corrected chi connectivity index (χ0v) is 13.1. The molecule has 4 nitrogen and oxygen atoms in total. The van der Waals surface area contributed by atoms with Crippen LogP contribution in [0.25, 0.3) is 0 Å². The van der Waals surface area contributed by atoms with Crippen LogP contribution in [0.3, 0.4) is 0 Å². The molecular formula is C16H20N2O2S. The quantitative estimate of drug-likeness (QED) is 0.808. The summed E-state index contributed by atoms with van der Waals surface area (Å²) in [4.78, 5) is 11.3. The van der Waals surface area contributed by atoms with Gasteiger partial charge in [-0.1, -0.05) is 6.92 Å². The predicted octanol–water partition coefficient (Wildman–Crippen LogP) is 4.10. The first-order chi connectivity index (χ1) is 10.2. The lowest BCUT2D eigenvalue weighted by Gasteiger charge is -2.07. The fourth-order valence-electron chi connectivity index (χ4n) is 1.85. The normalized spacial score (nSPS) is 10.4. The molecular weight excluding hydrogens is 284 g/mol. The summed E-state index contributed by atoms with van der Waals surface area (Å²) < 4.78 is 5.70. The molecule has 1 heterocycles. The Balaban J connectivity index is 1.86. The molecule has 5 heteroatoms. The van der Waals surface area contributed by atoms with Crippen molar-refractivity contribution in [2.24, 2.45) is 0 Å². The molecule has 21 heavy (non-hydrogen) atoms. The molecule has 0 atom stereocenters. The average molecular weight is 304 g/mol. The Morgan fingerprint density at radius 3 is 2.43 bits per heavy atom. The lowest BCUT2D eigenvalue weighted by Crippen LogP contribution is -2.09. The SMILES string of the molecule is CCC(=O)Nc1ccc(NCc2ccc(CSC)o2)cc1. The molecule has 112 valence electrons. The minimum Gasteiger partial charge on any atom is -0.463 e. The molecule has 1 aromatic heterocycles. The van der Waals surface area contributed by atoms with Crippen molar-refractivity contribution >= 4 is 29.0 Å². The number of hydrogen-bond acceptors (Lipinski definition) is 4. The van der Waals surface area contributed by atoms with Crippen molar-refractivity contribution < 1.29 is 9.21 Å². The largest absolute Gasteiger partial charge is 0.463 e. The van der Waals surface area contributed by atoms with Crippen LogP contribution in [-0.2, 0) is 17.1 Å². The summed E-state index contributed by atoms with van der Waals surface area (Å²) >= 11 is 1.74. The fourth-order valence-corrected chi connectivity index (χ4v) is 2.29. The van der Waals surface area contributed by atoms with Gasteiger partial charge in [0.1, 0.15) is 11.5 Å². The highest BCUT2D eigenvalue weighted by Gasteiger charge is 2.02. The lowest BCUT2D eigenvalue weighted by atomic mass is 10.2. The summed E-state index contributed by atoms with van der Waals surface area (Å²) in [6.07, 6.45) is 2.54. The monoisotopic (exact) mass is 304 g/mol. The van der Waals surface area contributed by atoms with Gasteiger partial charge in [-0.25, -0.2) is 0 Å². The van der Waals surface area contributed by atoms with E-state index in [1.165, 1.54) is 0 Å². The minimum absolute atomic E-state index is 0.0209. The Morgan fingerprint density at radius 2 is 1.76 bits per heavy atom. The number of carbonyl (C=O) groups is 1. The number of carbonyl (C=O) groups excluding carboxylic acids is 1. The Hall–Kier alpha value is -1.88. The van der Waals surface area contributed by atoms with Crippen molar-refractivity contribution in [3.05, 3.63) is 47.9 Å². The van der Waals surface area contributed by atoms with Crippen LogP contribution in [0.15, 0.2) is 40.8 Å². The zero-order chi connectivity index (χ0) is 15.1. The molecule has 0 aliphatic rings. The van der Waals surface area contributed by atoms with Crippen LogP contribution < -0.4 is 10.6 Å². The number of furan rings is 1. The van der Waals surface area contributed by atoms with Gasteiger partial charge < -0.3 is 15.1 Å². The third-order valence-corrected chi connectivity index (χ3v) is 3.53. The van der Waals surface area contributed by atoms with Crippen LogP contribution in [0.5, 0.6) is 0 Å². The van der Waals surface area contributed by atoms with Gasteiger partial charge >= 0.3 is 0 Å². The van der Waals surface area contributed by atoms with Gasteiger partial charge in [-0.05, 0) is 42.7 Å². The smallest absolute Gasteiger partial charge is 0.224 e. The third-order valence-electron chi connectivity index (χ3n) is 2.96. The first-order valence-corrected chi connectivity index (χ1v) is 8.31. The molecule has 0 radical (unpaired) electrons. The number of anilines is 2. The Morgan fingerprint density at radius 1 is 1.10 bits per heavy atom. The highest BCUT2D eigenvalue weighted by Crippen LogP contribution is 2.17. The van der Waals surface area contributed by atoms with Crippen molar-refractivity contribution in [3.63, 3.8) is 0 Å². The Kier molecular flexibility index (Phi) is 5.75. The molecule has 1 aromatic carbocycles. The maximum atomic E-state index is 11.3. The summed E-state index contributed by atoms with van der Waals surface area (Å²) in [7, 11) is 0. The predicted molar refractivity (Wildman–Crippen MR) is 88.6 cm³/mol. The van der Waals surface area contributed by atoms with E-state index in [1.807, 2.05) is 43.3 Å². The molecule has 2 aromatic rings. The van der Waals surface area contributed by atoms with Gasteiger partial charge in [-0.2, -0.15) is 11.8 Å². The second-order valence-corrected chi connectivity index (χ2v) is 5.50. The van der Waals surface area contributed by atoms with Crippen molar-refractivity contribution in [2.45, 2.75) is 25.6 Å². The van der Waals surface area contributed by atoms with Crippen LogP contribution >= 0.6 is 11.8 Å². The molecule has 0 aliphatic carbocycles. The van der Waals surface area contributed by atoms with Gasteiger partial charge in [-0.3, -0.25) is 4.79 Å². The maximum absolute atomic E-state index is 11.3. The summed E-state index contributed by atoms with van der Waals surface area (Å²) in [6, 6.07) is 11.7. The van der Waals surface area contributed by atoms with E-state index in [2.05, 4.69) is 16.9 Å². The van der Waals surface area contributed by atoms with Crippen LogP contribution in [0, 0.1) is 0 Å². The molecule has 2 N–H and O–H groups in total. The van der Waals surface area contributed by atoms with E-state index in [0.29, 0.717) is 13.0 Å². The topological polar surface area (TPSA) is 54.3 Å².